The summed E-state index contributed by atoms with van der Waals surface area (Å²) in [7, 11) is 1.26. The van der Waals surface area contributed by atoms with E-state index in [-0.39, 0.29) is 17.4 Å². The van der Waals surface area contributed by atoms with Crippen molar-refractivity contribution in [1.82, 2.24) is 15.5 Å². The van der Waals surface area contributed by atoms with Crippen LogP contribution in [-0.2, 0) is 14.3 Å². The number of piperazine rings is 1. The first-order valence-corrected chi connectivity index (χ1v) is 10.6. The van der Waals surface area contributed by atoms with Crippen molar-refractivity contribution in [2.24, 2.45) is 0 Å². The fourth-order valence-corrected chi connectivity index (χ4v) is 3.38. The number of carbonyl (C=O) groups is 3. The van der Waals surface area contributed by atoms with Crippen LogP contribution >= 0.6 is 12.2 Å². The second-order valence-corrected chi connectivity index (χ2v) is 7.36. The van der Waals surface area contributed by atoms with E-state index in [2.05, 4.69) is 22.3 Å². The molecule has 164 valence electrons. The van der Waals surface area contributed by atoms with E-state index < -0.39 is 17.9 Å². The maximum Gasteiger partial charge on any atom is 0.308 e. The number of ether oxygens (including phenoxy) is 2. The van der Waals surface area contributed by atoms with Crippen LogP contribution < -0.4 is 15.4 Å². The lowest BCUT2D eigenvalue weighted by Crippen LogP contribution is -2.60. The minimum absolute atomic E-state index is 0.0972. The van der Waals surface area contributed by atoms with Crippen LogP contribution in [0.15, 0.2) is 24.3 Å². The minimum atomic E-state index is -0.817. The van der Waals surface area contributed by atoms with E-state index in [0.717, 1.165) is 12.8 Å². The molecule has 0 saturated carbocycles. The molecule has 1 aromatic carbocycles. The lowest BCUT2D eigenvalue weighted by atomic mass is 10.1. The van der Waals surface area contributed by atoms with Crippen LogP contribution in [0.4, 0.5) is 0 Å². The monoisotopic (exact) mass is 435 g/mol. The number of methoxy groups -OCH3 is 1. The Morgan fingerprint density at radius 1 is 1.23 bits per heavy atom. The SMILES string of the molecule is CCCCCCOc1ccc(C(=O)NC(=S)N2CCNC(=O)C2CC(=O)OC)cc1. The highest BCUT2D eigenvalue weighted by atomic mass is 32.1. The Balaban J connectivity index is 1.91. The minimum Gasteiger partial charge on any atom is -0.494 e. The molecule has 0 aromatic heterocycles. The van der Waals surface area contributed by atoms with E-state index in [1.807, 2.05) is 0 Å². The summed E-state index contributed by atoms with van der Waals surface area (Å²) in [5.74, 6) is -0.543. The molecule has 1 aliphatic heterocycles. The van der Waals surface area contributed by atoms with E-state index in [0.29, 0.717) is 31.0 Å². The van der Waals surface area contributed by atoms with Gasteiger partial charge >= 0.3 is 5.97 Å². The number of hydrogen-bond donors (Lipinski definition) is 2. The summed E-state index contributed by atoms with van der Waals surface area (Å²) in [4.78, 5) is 37.9. The van der Waals surface area contributed by atoms with Crippen molar-refractivity contribution < 1.29 is 23.9 Å². The number of carbonyl (C=O) groups excluding carboxylic acids is 3. The quantitative estimate of drug-likeness (QED) is 0.348. The standard InChI is InChI=1S/C21H29N3O5S/c1-3-4-5-6-13-29-16-9-7-15(8-10-16)19(26)23-21(30)24-12-11-22-20(27)17(24)14-18(25)28-2/h7-10,17H,3-6,11-14H2,1-2H3,(H,22,27)(H,23,26,30). The molecule has 1 unspecified atom stereocenters. The maximum absolute atomic E-state index is 12.5. The van der Waals surface area contributed by atoms with Crippen LogP contribution in [0.3, 0.4) is 0 Å². The topological polar surface area (TPSA) is 97.0 Å². The number of nitrogens with zero attached hydrogens (tertiary/aromatic N) is 1. The first kappa shape index (κ1) is 23.6. The lowest BCUT2D eigenvalue weighted by Gasteiger charge is -2.36. The number of unbranched alkanes of at least 4 members (excludes halogenated alkanes) is 3. The molecule has 0 radical (unpaired) electrons. The van der Waals surface area contributed by atoms with E-state index in [1.165, 1.54) is 24.9 Å². The van der Waals surface area contributed by atoms with Gasteiger partial charge in [-0.25, -0.2) is 0 Å². The highest BCUT2D eigenvalue weighted by Gasteiger charge is 2.34. The number of hydrogen-bond acceptors (Lipinski definition) is 6. The van der Waals surface area contributed by atoms with Crippen molar-refractivity contribution in [2.45, 2.75) is 45.1 Å². The second kappa shape index (κ2) is 12.1. The van der Waals surface area contributed by atoms with E-state index in [4.69, 9.17) is 17.0 Å². The van der Waals surface area contributed by atoms with Crippen LogP contribution in [0.5, 0.6) is 5.75 Å². The molecule has 30 heavy (non-hydrogen) atoms. The van der Waals surface area contributed by atoms with Crippen LogP contribution in [0.2, 0.25) is 0 Å². The molecule has 8 nitrogen and oxygen atoms in total. The van der Waals surface area contributed by atoms with Gasteiger partial charge in [-0.3, -0.25) is 19.7 Å². The molecule has 1 heterocycles. The van der Waals surface area contributed by atoms with Crippen LogP contribution in [0.1, 0.15) is 49.4 Å². The van der Waals surface area contributed by atoms with Gasteiger partial charge in [0.1, 0.15) is 11.8 Å². The first-order valence-electron chi connectivity index (χ1n) is 10.2. The number of esters is 1. The van der Waals surface area contributed by atoms with E-state index in [1.54, 1.807) is 24.3 Å². The maximum atomic E-state index is 12.5. The van der Waals surface area contributed by atoms with Crippen LogP contribution in [-0.4, -0.2) is 60.6 Å². The molecule has 1 saturated heterocycles. The zero-order valence-electron chi connectivity index (χ0n) is 17.4. The van der Waals surface area contributed by atoms with Gasteiger partial charge in [-0.2, -0.15) is 0 Å². The predicted octanol–water partition coefficient (Wildman–Crippen LogP) is 2.02. The predicted molar refractivity (Wildman–Crippen MR) is 116 cm³/mol. The molecule has 1 aliphatic rings. The fraction of sp³-hybridized carbons (Fsp3) is 0.524. The largest absolute Gasteiger partial charge is 0.494 e. The zero-order chi connectivity index (χ0) is 21.9. The Bertz CT molecular complexity index is 754. The molecule has 1 atom stereocenters. The Kier molecular flexibility index (Phi) is 9.53. The molecule has 0 spiro atoms. The summed E-state index contributed by atoms with van der Waals surface area (Å²) < 4.78 is 10.3. The van der Waals surface area contributed by atoms with Crippen LogP contribution in [0.25, 0.3) is 0 Å². The van der Waals surface area contributed by atoms with Gasteiger partial charge in [0.25, 0.3) is 5.91 Å². The molecule has 1 aromatic rings. The van der Waals surface area contributed by atoms with Gasteiger partial charge in [-0.1, -0.05) is 26.2 Å². The van der Waals surface area contributed by atoms with Gasteiger partial charge < -0.3 is 19.7 Å². The summed E-state index contributed by atoms with van der Waals surface area (Å²) in [5.41, 5.74) is 0.418. The van der Waals surface area contributed by atoms with Gasteiger partial charge in [-0.05, 0) is 42.9 Å². The zero-order valence-corrected chi connectivity index (χ0v) is 18.3. The first-order chi connectivity index (χ1) is 14.5. The molecule has 9 heteroatoms. The smallest absolute Gasteiger partial charge is 0.308 e. The van der Waals surface area contributed by atoms with Gasteiger partial charge in [0.05, 0.1) is 20.1 Å². The molecule has 2 rings (SSSR count). The fourth-order valence-electron chi connectivity index (χ4n) is 3.06. The molecule has 2 amide bonds. The molecular weight excluding hydrogens is 406 g/mol. The number of amides is 2. The third-order valence-corrected chi connectivity index (χ3v) is 5.12. The van der Waals surface area contributed by atoms with Gasteiger partial charge in [0, 0.05) is 18.7 Å². The van der Waals surface area contributed by atoms with E-state index in [9.17, 15) is 14.4 Å². The molecule has 2 N–H and O–H groups in total. The third-order valence-electron chi connectivity index (χ3n) is 4.78. The highest BCUT2D eigenvalue weighted by molar-refractivity contribution is 7.80. The van der Waals surface area contributed by atoms with Crippen molar-refractivity contribution in [3.8, 4) is 5.75 Å². The molecule has 0 bridgehead atoms. The Morgan fingerprint density at radius 2 is 1.97 bits per heavy atom. The van der Waals surface area contributed by atoms with Gasteiger partial charge in [0.15, 0.2) is 5.11 Å². The summed E-state index contributed by atoms with van der Waals surface area (Å²) in [6.45, 7) is 3.57. The Hall–Kier alpha value is -2.68. The lowest BCUT2D eigenvalue weighted by molar-refractivity contribution is -0.144. The van der Waals surface area contributed by atoms with E-state index >= 15 is 0 Å². The van der Waals surface area contributed by atoms with Crippen molar-refractivity contribution in [2.75, 3.05) is 26.8 Å². The number of rotatable bonds is 9. The Labute approximate surface area is 182 Å². The average Bonchev–Trinajstić information content (AvgIpc) is 2.75. The Morgan fingerprint density at radius 3 is 2.63 bits per heavy atom. The molecular formula is C21H29N3O5S. The normalized spacial score (nSPS) is 15.9. The summed E-state index contributed by atoms with van der Waals surface area (Å²) >= 11 is 5.32. The van der Waals surface area contributed by atoms with Crippen LogP contribution in [0, 0.1) is 0 Å². The van der Waals surface area contributed by atoms with Crippen molar-refractivity contribution in [3.05, 3.63) is 29.8 Å². The number of thiocarbonyl (C=S) groups is 1. The van der Waals surface area contributed by atoms with Gasteiger partial charge in [-0.15, -0.1) is 0 Å². The van der Waals surface area contributed by atoms with Crippen molar-refractivity contribution >= 4 is 35.1 Å². The third kappa shape index (κ3) is 6.98. The molecule has 1 fully saturated rings. The average molecular weight is 436 g/mol. The summed E-state index contributed by atoms with van der Waals surface area (Å²) in [5, 5.41) is 5.43. The van der Waals surface area contributed by atoms with Gasteiger partial charge in [0.2, 0.25) is 5.91 Å². The highest BCUT2D eigenvalue weighted by Crippen LogP contribution is 2.14. The second-order valence-electron chi connectivity index (χ2n) is 6.97. The summed E-state index contributed by atoms with van der Waals surface area (Å²) in [6, 6.07) is 5.99. The number of benzene rings is 1. The molecule has 0 aliphatic carbocycles. The number of nitrogens with one attached hydrogen (secondary N) is 2. The summed E-state index contributed by atoms with van der Waals surface area (Å²) in [6.07, 6.45) is 4.36. The van der Waals surface area contributed by atoms with Crippen molar-refractivity contribution in [1.29, 1.82) is 0 Å². The van der Waals surface area contributed by atoms with Crippen molar-refractivity contribution in [3.63, 3.8) is 0 Å².